The van der Waals surface area contributed by atoms with Crippen LogP contribution in [0.5, 0.6) is 0 Å². The molecule has 0 bridgehead atoms. The molecule has 2 rings (SSSR count). The molecule has 1 saturated heterocycles. The van der Waals surface area contributed by atoms with Crippen molar-refractivity contribution in [3.8, 4) is 0 Å². The number of hydrogen-bond donors (Lipinski definition) is 1. The number of rotatable bonds is 4. The zero-order valence-electron chi connectivity index (χ0n) is 11.7. The van der Waals surface area contributed by atoms with Gasteiger partial charge in [-0.3, -0.25) is 9.78 Å². The predicted octanol–water partition coefficient (Wildman–Crippen LogP) is 2.78. The zero-order chi connectivity index (χ0) is 13.8. The summed E-state index contributed by atoms with van der Waals surface area (Å²) in [6.45, 7) is 6.06. The van der Waals surface area contributed by atoms with Crippen molar-refractivity contribution in [1.29, 1.82) is 0 Å². The second kappa shape index (κ2) is 6.04. The van der Waals surface area contributed by atoms with Crippen molar-refractivity contribution in [2.24, 2.45) is 5.92 Å². The van der Waals surface area contributed by atoms with Crippen LogP contribution in [0.25, 0.3) is 0 Å². The van der Waals surface area contributed by atoms with E-state index in [4.69, 9.17) is 5.11 Å². The molecule has 1 aliphatic rings. The van der Waals surface area contributed by atoms with Gasteiger partial charge in [-0.2, -0.15) is 0 Å². The maximum absolute atomic E-state index is 10.7. The van der Waals surface area contributed by atoms with Crippen LogP contribution in [0.4, 0.5) is 5.69 Å². The van der Waals surface area contributed by atoms with E-state index in [1.165, 1.54) is 5.69 Å². The summed E-state index contributed by atoms with van der Waals surface area (Å²) in [6.07, 6.45) is 3.36. The van der Waals surface area contributed by atoms with Gasteiger partial charge in [-0.05, 0) is 51.2 Å². The maximum atomic E-state index is 10.7. The molecule has 1 unspecified atom stereocenters. The fourth-order valence-corrected chi connectivity index (χ4v) is 2.86. The first-order valence-electron chi connectivity index (χ1n) is 6.96. The second-order valence-corrected chi connectivity index (χ2v) is 5.49. The molecule has 0 spiro atoms. The molecule has 1 aliphatic heterocycles. The minimum Gasteiger partial charge on any atom is -0.481 e. The summed E-state index contributed by atoms with van der Waals surface area (Å²) in [7, 11) is 0. The average Bonchev–Trinajstić information content (AvgIpc) is 2.35. The van der Waals surface area contributed by atoms with Crippen molar-refractivity contribution < 1.29 is 9.90 Å². The predicted molar refractivity (Wildman–Crippen MR) is 75.5 cm³/mol. The van der Waals surface area contributed by atoms with Gasteiger partial charge in [0.1, 0.15) is 0 Å². The Hall–Kier alpha value is -1.58. The third kappa shape index (κ3) is 3.94. The highest BCUT2D eigenvalue weighted by Crippen LogP contribution is 2.26. The largest absolute Gasteiger partial charge is 0.481 e. The molecule has 104 valence electrons. The zero-order valence-corrected chi connectivity index (χ0v) is 11.7. The molecule has 2 heterocycles. The van der Waals surface area contributed by atoms with Gasteiger partial charge in [0, 0.05) is 36.6 Å². The third-order valence-corrected chi connectivity index (χ3v) is 3.72. The van der Waals surface area contributed by atoms with Crippen LogP contribution in [0.3, 0.4) is 0 Å². The monoisotopic (exact) mass is 262 g/mol. The summed E-state index contributed by atoms with van der Waals surface area (Å²) in [5.41, 5.74) is 3.32. The molecule has 0 saturated carbocycles. The Morgan fingerprint density at radius 2 is 2.11 bits per heavy atom. The van der Waals surface area contributed by atoms with Crippen molar-refractivity contribution in [1.82, 2.24) is 4.98 Å². The number of aryl methyl sites for hydroxylation is 2. The molecular weight excluding hydrogens is 240 g/mol. The number of aromatic nitrogens is 1. The average molecular weight is 262 g/mol. The van der Waals surface area contributed by atoms with Gasteiger partial charge in [0.2, 0.25) is 0 Å². The van der Waals surface area contributed by atoms with Gasteiger partial charge < -0.3 is 10.0 Å². The molecule has 1 N–H and O–H groups in total. The standard InChI is InChI=1S/C15H22N2O2/c1-11-8-14(9-12(2)16-11)17-7-3-4-13(10-17)5-6-15(18)19/h8-9,13H,3-7,10H2,1-2H3,(H,18,19). The molecule has 0 aliphatic carbocycles. The van der Waals surface area contributed by atoms with Gasteiger partial charge in [0.15, 0.2) is 0 Å². The molecule has 4 nitrogen and oxygen atoms in total. The fourth-order valence-electron chi connectivity index (χ4n) is 2.86. The molecule has 19 heavy (non-hydrogen) atoms. The lowest BCUT2D eigenvalue weighted by Crippen LogP contribution is -2.35. The van der Waals surface area contributed by atoms with E-state index in [9.17, 15) is 4.79 Å². The van der Waals surface area contributed by atoms with Gasteiger partial charge >= 0.3 is 5.97 Å². The van der Waals surface area contributed by atoms with Crippen LogP contribution in [0.15, 0.2) is 12.1 Å². The summed E-state index contributed by atoms with van der Waals surface area (Å²) >= 11 is 0. The Morgan fingerprint density at radius 3 is 2.74 bits per heavy atom. The lowest BCUT2D eigenvalue weighted by molar-refractivity contribution is -0.137. The minimum absolute atomic E-state index is 0.285. The Kier molecular flexibility index (Phi) is 4.40. The molecule has 1 aromatic rings. The second-order valence-electron chi connectivity index (χ2n) is 5.49. The van der Waals surface area contributed by atoms with Crippen LogP contribution in [0.2, 0.25) is 0 Å². The van der Waals surface area contributed by atoms with Crippen molar-refractivity contribution in [3.63, 3.8) is 0 Å². The maximum Gasteiger partial charge on any atom is 0.303 e. The van der Waals surface area contributed by atoms with Crippen molar-refractivity contribution in [2.45, 2.75) is 39.5 Å². The number of nitrogens with zero attached hydrogens (tertiary/aromatic N) is 2. The van der Waals surface area contributed by atoms with E-state index in [-0.39, 0.29) is 6.42 Å². The minimum atomic E-state index is -0.687. The SMILES string of the molecule is Cc1cc(N2CCCC(CCC(=O)O)C2)cc(C)n1. The number of piperidine rings is 1. The first-order valence-corrected chi connectivity index (χ1v) is 6.96. The van der Waals surface area contributed by atoms with Crippen LogP contribution < -0.4 is 4.90 Å². The Bertz CT molecular complexity index is 439. The van der Waals surface area contributed by atoms with Gasteiger partial charge in [-0.15, -0.1) is 0 Å². The summed E-state index contributed by atoms with van der Waals surface area (Å²) in [5.74, 6) is -0.189. The van der Waals surface area contributed by atoms with Crippen LogP contribution in [0, 0.1) is 19.8 Å². The summed E-state index contributed by atoms with van der Waals surface area (Å²) < 4.78 is 0. The van der Waals surface area contributed by atoms with Crippen molar-refractivity contribution in [3.05, 3.63) is 23.5 Å². The number of carbonyl (C=O) groups is 1. The van der Waals surface area contributed by atoms with Crippen LogP contribution >= 0.6 is 0 Å². The van der Waals surface area contributed by atoms with Crippen molar-refractivity contribution in [2.75, 3.05) is 18.0 Å². The summed E-state index contributed by atoms with van der Waals surface area (Å²) in [4.78, 5) is 17.4. The van der Waals surface area contributed by atoms with Gasteiger partial charge in [0.25, 0.3) is 0 Å². The highest BCUT2D eigenvalue weighted by atomic mass is 16.4. The van der Waals surface area contributed by atoms with E-state index >= 15 is 0 Å². The molecule has 0 amide bonds. The van der Waals surface area contributed by atoms with E-state index < -0.39 is 5.97 Å². The molecule has 0 radical (unpaired) electrons. The number of aliphatic carboxylic acids is 1. The van der Waals surface area contributed by atoms with E-state index in [1.807, 2.05) is 13.8 Å². The quantitative estimate of drug-likeness (QED) is 0.906. The Balaban J connectivity index is 2.02. The van der Waals surface area contributed by atoms with E-state index in [0.29, 0.717) is 5.92 Å². The summed E-state index contributed by atoms with van der Waals surface area (Å²) in [5, 5.41) is 8.78. The number of carboxylic acid groups (broad SMARTS) is 1. The van der Waals surface area contributed by atoms with Gasteiger partial charge in [-0.25, -0.2) is 0 Å². The van der Waals surface area contributed by atoms with Gasteiger partial charge in [0.05, 0.1) is 0 Å². The first kappa shape index (κ1) is 13.8. The van der Waals surface area contributed by atoms with E-state index in [0.717, 1.165) is 43.7 Å². The third-order valence-electron chi connectivity index (χ3n) is 3.72. The smallest absolute Gasteiger partial charge is 0.303 e. The fraction of sp³-hybridized carbons (Fsp3) is 0.600. The van der Waals surface area contributed by atoms with Gasteiger partial charge in [-0.1, -0.05) is 0 Å². The lowest BCUT2D eigenvalue weighted by Gasteiger charge is -2.34. The number of anilines is 1. The van der Waals surface area contributed by atoms with Crippen LogP contribution in [0.1, 0.15) is 37.1 Å². The Morgan fingerprint density at radius 1 is 1.42 bits per heavy atom. The van der Waals surface area contributed by atoms with Crippen LogP contribution in [-0.2, 0) is 4.79 Å². The number of carboxylic acids is 1. The lowest BCUT2D eigenvalue weighted by atomic mass is 9.93. The molecular formula is C15H22N2O2. The summed E-state index contributed by atoms with van der Waals surface area (Å²) in [6, 6.07) is 4.24. The van der Waals surface area contributed by atoms with E-state index in [2.05, 4.69) is 22.0 Å². The van der Waals surface area contributed by atoms with Crippen molar-refractivity contribution >= 4 is 11.7 Å². The molecule has 1 atom stereocenters. The molecule has 0 aromatic carbocycles. The normalized spacial score (nSPS) is 19.5. The first-order chi connectivity index (χ1) is 9.04. The number of hydrogen-bond acceptors (Lipinski definition) is 3. The topological polar surface area (TPSA) is 53.4 Å². The van der Waals surface area contributed by atoms with Crippen LogP contribution in [-0.4, -0.2) is 29.1 Å². The number of pyridine rings is 1. The Labute approximate surface area is 114 Å². The van der Waals surface area contributed by atoms with E-state index in [1.54, 1.807) is 0 Å². The highest BCUT2D eigenvalue weighted by Gasteiger charge is 2.21. The molecule has 1 fully saturated rings. The molecule has 1 aromatic heterocycles. The molecule has 4 heteroatoms. The highest BCUT2D eigenvalue weighted by molar-refractivity contribution is 5.66.